The molecular formula is C13H6BrF3N2. The lowest BCUT2D eigenvalue weighted by atomic mass is 10.2. The topological polar surface area (TPSA) is 35.8 Å². The fourth-order valence-electron chi connectivity index (χ4n) is 1.48. The van der Waals surface area contributed by atoms with Gasteiger partial charge in [-0.25, -0.2) is 13.2 Å². The highest BCUT2D eigenvalue weighted by atomic mass is 79.9. The lowest BCUT2D eigenvalue weighted by molar-refractivity contribution is 0.584. The number of anilines is 2. The molecule has 1 N–H and O–H groups in total. The molecule has 0 saturated heterocycles. The second kappa shape index (κ2) is 5.33. The molecule has 2 nitrogen and oxygen atoms in total. The minimum absolute atomic E-state index is 0.00907. The van der Waals surface area contributed by atoms with E-state index < -0.39 is 17.5 Å². The Morgan fingerprint density at radius 2 is 1.79 bits per heavy atom. The molecule has 0 fully saturated rings. The quantitative estimate of drug-likeness (QED) is 0.883. The molecule has 2 aromatic rings. The van der Waals surface area contributed by atoms with Gasteiger partial charge >= 0.3 is 0 Å². The number of nitrogens with zero attached hydrogens (tertiary/aromatic N) is 1. The number of halogens is 4. The van der Waals surface area contributed by atoms with E-state index in [1.165, 1.54) is 12.1 Å². The third-order valence-electron chi connectivity index (χ3n) is 2.36. The lowest BCUT2D eigenvalue weighted by Crippen LogP contribution is -1.99. The first-order valence-corrected chi connectivity index (χ1v) is 5.92. The van der Waals surface area contributed by atoms with Crippen LogP contribution in [0.3, 0.4) is 0 Å². The highest BCUT2D eigenvalue weighted by Gasteiger charge is 2.12. The van der Waals surface area contributed by atoms with E-state index in [1.54, 1.807) is 6.07 Å². The number of nitriles is 1. The SMILES string of the molecule is N#Cc1ccc(Nc2c(F)cc(F)cc2Br)c(F)c1. The first kappa shape index (κ1) is 13.4. The third kappa shape index (κ3) is 2.88. The van der Waals surface area contributed by atoms with Crippen LogP contribution < -0.4 is 5.32 Å². The van der Waals surface area contributed by atoms with E-state index in [2.05, 4.69) is 21.2 Å². The molecule has 0 atom stereocenters. The zero-order chi connectivity index (χ0) is 14.0. The Balaban J connectivity index is 2.40. The summed E-state index contributed by atoms with van der Waals surface area (Å²) in [6.45, 7) is 0. The van der Waals surface area contributed by atoms with Crippen molar-refractivity contribution in [1.82, 2.24) is 0 Å². The van der Waals surface area contributed by atoms with Gasteiger partial charge in [0.1, 0.15) is 11.6 Å². The molecule has 6 heteroatoms. The first-order valence-electron chi connectivity index (χ1n) is 5.12. The first-order chi connectivity index (χ1) is 9.01. The van der Waals surface area contributed by atoms with E-state index in [9.17, 15) is 13.2 Å². The number of hydrogen-bond donors (Lipinski definition) is 1. The number of hydrogen-bond acceptors (Lipinski definition) is 2. The second-order valence-electron chi connectivity index (χ2n) is 3.68. The second-order valence-corrected chi connectivity index (χ2v) is 4.53. The predicted octanol–water partition coefficient (Wildman–Crippen LogP) is 4.48. The molecule has 0 aliphatic rings. The molecule has 0 aromatic heterocycles. The van der Waals surface area contributed by atoms with E-state index in [1.807, 2.05) is 0 Å². The largest absolute Gasteiger partial charge is 0.350 e. The van der Waals surface area contributed by atoms with Crippen molar-refractivity contribution in [3.8, 4) is 6.07 Å². The van der Waals surface area contributed by atoms with Crippen LogP contribution in [0.1, 0.15) is 5.56 Å². The third-order valence-corrected chi connectivity index (χ3v) is 2.99. The minimum Gasteiger partial charge on any atom is -0.350 e. The molecule has 96 valence electrons. The number of nitrogens with one attached hydrogen (secondary N) is 1. The Bertz CT molecular complexity index is 657. The van der Waals surface area contributed by atoms with Gasteiger partial charge < -0.3 is 5.32 Å². The molecule has 0 amide bonds. The summed E-state index contributed by atoms with van der Waals surface area (Å²) in [5.41, 5.74) is 0.0666. The van der Waals surface area contributed by atoms with Crippen LogP contribution in [-0.4, -0.2) is 0 Å². The zero-order valence-corrected chi connectivity index (χ0v) is 10.9. The molecule has 0 aliphatic heterocycles. The van der Waals surface area contributed by atoms with Gasteiger partial charge in [0.2, 0.25) is 0 Å². The van der Waals surface area contributed by atoms with Crippen molar-refractivity contribution in [3.63, 3.8) is 0 Å². The van der Waals surface area contributed by atoms with E-state index >= 15 is 0 Å². The highest BCUT2D eigenvalue weighted by molar-refractivity contribution is 9.10. The molecule has 0 heterocycles. The van der Waals surface area contributed by atoms with Gasteiger partial charge in [-0.1, -0.05) is 0 Å². The van der Waals surface area contributed by atoms with Gasteiger partial charge in [-0.15, -0.1) is 0 Å². The maximum atomic E-state index is 13.6. The Morgan fingerprint density at radius 1 is 1.05 bits per heavy atom. The summed E-state index contributed by atoms with van der Waals surface area (Å²) in [7, 11) is 0. The van der Waals surface area contributed by atoms with Crippen molar-refractivity contribution in [2.45, 2.75) is 0 Å². The number of rotatable bonds is 2. The fraction of sp³-hybridized carbons (Fsp3) is 0. The summed E-state index contributed by atoms with van der Waals surface area (Å²) in [5, 5.41) is 11.1. The molecular weight excluding hydrogens is 321 g/mol. The zero-order valence-electron chi connectivity index (χ0n) is 9.35. The number of benzene rings is 2. The summed E-state index contributed by atoms with van der Waals surface area (Å²) < 4.78 is 40.3. The molecule has 0 aliphatic carbocycles. The van der Waals surface area contributed by atoms with Crippen LogP contribution in [0.25, 0.3) is 0 Å². The summed E-state index contributed by atoms with van der Waals surface area (Å²) in [6.07, 6.45) is 0. The Labute approximate surface area is 115 Å². The molecule has 2 rings (SSSR count). The Morgan fingerprint density at radius 3 is 2.37 bits per heavy atom. The van der Waals surface area contributed by atoms with Crippen LogP contribution >= 0.6 is 15.9 Å². The molecule has 0 bridgehead atoms. The highest BCUT2D eigenvalue weighted by Crippen LogP contribution is 2.30. The van der Waals surface area contributed by atoms with Gasteiger partial charge in [0.15, 0.2) is 5.82 Å². The van der Waals surface area contributed by atoms with Crippen molar-refractivity contribution in [2.24, 2.45) is 0 Å². The molecule has 2 aromatic carbocycles. The van der Waals surface area contributed by atoms with Gasteiger partial charge in [0.05, 0.1) is 23.0 Å². The summed E-state index contributed by atoms with van der Waals surface area (Å²) >= 11 is 2.99. The average molecular weight is 327 g/mol. The van der Waals surface area contributed by atoms with Crippen LogP contribution in [0.2, 0.25) is 0 Å². The Hall–Kier alpha value is -2.00. The fourth-order valence-corrected chi connectivity index (χ4v) is 1.99. The smallest absolute Gasteiger partial charge is 0.150 e. The predicted molar refractivity (Wildman–Crippen MR) is 68.5 cm³/mol. The molecule has 0 saturated carbocycles. The standard InChI is InChI=1S/C13H6BrF3N2/c14-9-4-8(15)5-11(17)13(9)19-12-2-1-7(6-18)3-10(12)16/h1-5,19H. The molecule has 0 spiro atoms. The van der Waals surface area contributed by atoms with Crippen LogP contribution in [0.5, 0.6) is 0 Å². The van der Waals surface area contributed by atoms with Crippen LogP contribution in [0.4, 0.5) is 24.5 Å². The van der Waals surface area contributed by atoms with Crippen molar-refractivity contribution in [3.05, 3.63) is 57.8 Å². The van der Waals surface area contributed by atoms with Gasteiger partial charge in [-0.3, -0.25) is 0 Å². The van der Waals surface area contributed by atoms with E-state index in [0.717, 1.165) is 12.1 Å². The van der Waals surface area contributed by atoms with Crippen LogP contribution in [0.15, 0.2) is 34.8 Å². The maximum Gasteiger partial charge on any atom is 0.150 e. The average Bonchev–Trinajstić information content (AvgIpc) is 2.35. The van der Waals surface area contributed by atoms with Gasteiger partial charge in [-0.05, 0) is 40.2 Å². The van der Waals surface area contributed by atoms with Crippen molar-refractivity contribution < 1.29 is 13.2 Å². The van der Waals surface area contributed by atoms with Gasteiger partial charge in [-0.2, -0.15) is 5.26 Å². The summed E-state index contributed by atoms with van der Waals surface area (Å²) in [4.78, 5) is 0. The van der Waals surface area contributed by atoms with E-state index in [0.29, 0.717) is 6.07 Å². The molecule has 19 heavy (non-hydrogen) atoms. The van der Waals surface area contributed by atoms with E-state index in [4.69, 9.17) is 5.26 Å². The van der Waals surface area contributed by atoms with Crippen molar-refractivity contribution in [2.75, 3.05) is 5.32 Å². The molecule has 0 unspecified atom stereocenters. The van der Waals surface area contributed by atoms with Crippen molar-refractivity contribution in [1.29, 1.82) is 5.26 Å². The summed E-state index contributed by atoms with van der Waals surface area (Å²) in [6, 6.07) is 7.26. The summed E-state index contributed by atoms with van der Waals surface area (Å²) in [5.74, 6) is -2.29. The van der Waals surface area contributed by atoms with E-state index in [-0.39, 0.29) is 21.4 Å². The Kier molecular flexibility index (Phi) is 3.76. The van der Waals surface area contributed by atoms with Crippen LogP contribution in [-0.2, 0) is 0 Å². The van der Waals surface area contributed by atoms with Crippen molar-refractivity contribution >= 4 is 27.3 Å². The van der Waals surface area contributed by atoms with Gasteiger partial charge in [0, 0.05) is 10.5 Å². The minimum atomic E-state index is -0.851. The monoisotopic (exact) mass is 326 g/mol. The van der Waals surface area contributed by atoms with Gasteiger partial charge in [0.25, 0.3) is 0 Å². The molecule has 0 radical (unpaired) electrons. The lowest BCUT2D eigenvalue weighted by Gasteiger charge is -2.11. The maximum absolute atomic E-state index is 13.6. The van der Waals surface area contributed by atoms with Crippen LogP contribution in [0, 0.1) is 28.8 Å². The normalized spacial score (nSPS) is 10.1.